The van der Waals surface area contributed by atoms with Crippen molar-refractivity contribution in [3.63, 3.8) is 0 Å². The zero-order chi connectivity index (χ0) is 50.1. The predicted octanol–water partition coefficient (Wildman–Crippen LogP) is 13.4. The number of ether oxygens (including phenoxy) is 2. The Morgan fingerprint density at radius 3 is 1.39 bits per heavy atom. The van der Waals surface area contributed by atoms with Crippen molar-refractivity contribution < 1.29 is 39.8 Å². The van der Waals surface area contributed by atoms with Crippen LogP contribution >= 0.6 is 0 Å². The third-order valence-corrected chi connectivity index (χ3v) is 12.3. The van der Waals surface area contributed by atoms with E-state index in [1.807, 2.05) is 6.08 Å². The van der Waals surface area contributed by atoms with Gasteiger partial charge in [0, 0.05) is 6.42 Å². The van der Waals surface area contributed by atoms with Crippen LogP contribution < -0.4 is 5.32 Å². The summed E-state index contributed by atoms with van der Waals surface area (Å²) in [4.78, 5) is 13.0. The van der Waals surface area contributed by atoms with Crippen LogP contribution in [0.15, 0.2) is 109 Å². The van der Waals surface area contributed by atoms with Crippen LogP contribution in [-0.2, 0) is 14.3 Å². The molecule has 9 heteroatoms. The minimum Gasteiger partial charge on any atom is -0.394 e. The lowest BCUT2D eigenvalue weighted by Crippen LogP contribution is -2.60. The molecule has 0 aromatic heterocycles. The third-order valence-electron chi connectivity index (χ3n) is 12.3. The topological polar surface area (TPSA) is 149 Å². The molecule has 1 heterocycles. The molecule has 1 fully saturated rings. The molecule has 1 aliphatic rings. The van der Waals surface area contributed by atoms with E-state index in [0.29, 0.717) is 6.42 Å². The summed E-state index contributed by atoms with van der Waals surface area (Å²) in [7, 11) is 0. The van der Waals surface area contributed by atoms with E-state index in [-0.39, 0.29) is 12.5 Å². The Balaban J connectivity index is 2.09. The molecule has 69 heavy (non-hydrogen) atoms. The molecular weight excluding hydrogens is 863 g/mol. The lowest BCUT2D eigenvalue weighted by molar-refractivity contribution is -0.302. The van der Waals surface area contributed by atoms with Gasteiger partial charge in [-0.05, 0) is 89.9 Å². The zero-order valence-electron chi connectivity index (χ0n) is 43.5. The molecule has 0 spiro atoms. The monoisotopic (exact) mass is 964 g/mol. The summed E-state index contributed by atoms with van der Waals surface area (Å²) in [5, 5.41) is 54.1. The van der Waals surface area contributed by atoms with Crippen molar-refractivity contribution >= 4 is 5.91 Å². The predicted molar refractivity (Wildman–Crippen MR) is 290 cm³/mol. The van der Waals surface area contributed by atoms with Crippen molar-refractivity contribution in [2.75, 3.05) is 13.2 Å². The van der Waals surface area contributed by atoms with Gasteiger partial charge in [-0.3, -0.25) is 4.79 Å². The number of aliphatic hydroxyl groups excluding tert-OH is 5. The van der Waals surface area contributed by atoms with Gasteiger partial charge >= 0.3 is 0 Å². The molecule has 1 amide bonds. The fourth-order valence-electron chi connectivity index (χ4n) is 7.97. The minimum absolute atomic E-state index is 0.194. The van der Waals surface area contributed by atoms with E-state index in [0.717, 1.165) is 83.5 Å². The summed E-state index contributed by atoms with van der Waals surface area (Å²) < 4.78 is 11.2. The molecule has 6 N–H and O–H groups in total. The highest BCUT2D eigenvalue weighted by Gasteiger charge is 2.44. The Morgan fingerprint density at radius 2 is 0.913 bits per heavy atom. The highest BCUT2D eigenvalue weighted by Crippen LogP contribution is 2.23. The van der Waals surface area contributed by atoms with Gasteiger partial charge in [0.25, 0.3) is 0 Å². The Bertz CT molecular complexity index is 1440. The molecule has 1 rings (SSSR count). The lowest BCUT2D eigenvalue weighted by atomic mass is 9.99. The summed E-state index contributed by atoms with van der Waals surface area (Å²) >= 11 is 0. The van der Waals surface area contributed by atoms with Gasteiger partial charge in [0.15, 0.2) is 6.29 Å². The van der Waals surface area contributed by atoms with Gasteiger partial charge in [-0.25, -0.2) is 0 Å². The van der Waals surface area contributed by atoms with E-state index in [1.54, 1.807) is 6.08 Å². The molecule has 0 aromatic carbocycles. The van der Waals surface area contributed by atoms with E-state index in [4.69, 9.17) is 9.47 Å². The second-order valence-corrected chi connectivity index (χ2v) is 18.6. The molecular formula is C60H101NO8. The first-order valence-electron chi connectivity index (χ1n) is 27.6. The molecule has 0 aromatic rings. The molecule has 7 atom stereocenters. The average molecular weight is 964 g/mol. The van der Waals surface area contributed by atoms with Crippen LogP contribution in [0.4, 0.5) is 0 Å². The number of allylic oxidation sites excluding steroid dienone is 17. The molecule has 7 unspecified atom stereocenters. The first kappa shape index (κ1) is 63.9. The molecule has 1 saturated heterocycles. The quantitative estimate of drug-likeness (QED) is 0.0261. The number of aliphatic hydroxyl groups is 5. The average Bonchev–Trinajstić information content (AvgIpc) is 3.35. The number of carbonyl (C=O) groups excluding carboxylic acids is 1. The van der Waals surface area contributed by atoms with Gasteiger partial charge < -0.3 is 40.3 Å². The molecule has 0 radical (unpaired) electrons. The Hall–Kier alpha value is -3.15. The summed E-state index contributed by atoms with van der Waals surface area (Å²) in [6, 6.07) is -0.825. The number of hydrogen-bond acceptors (Lipinski definition) is 8. The first-order chi connectivity index (χ1) is 33.8. The summed E-state index contributed by atoms with van der Waals surface area (Å²) in [5.41, 5.74) is 0. The van der Waals surface area contributed by atoms with Crippen LogP contribution in [0.5, 0.6) is 0 Å². The normalized spacial score (nSPS) is 20.4. The molecule has 9 nitrogen and oxygen atoms in total. The number of unbranched alkanes of at least 4 members (excludes halogenated alkanes) is 19. The van der Waals surface area contributed by atoms with E-state index >= 15 is 0 Å². The van der Waals surface area contributed by atoms with Crippen LogP contribution in [0.25, 0.3) is 0 Å². The van der Waals surface area contributed by atoms with Gasteiger partial charge in [-0.2, -0.15) is 0 Å². The molecule has 0 aliphatic carbocycles. The highest BCUT2D eigenvalue weighted by atomic mass is 16.7. The lowest BCUT2D eigenvalue weighted by Gasteiger charge is -2.40. The maximum atomic E-state index is 13.0. The number of amides is 1. The molecule has 1 aliphatic heterocycles. The largest absolute Gasteiger partial charge is 0.394 e. The summed E-state index contributed by atoms with van der Waals surface area (Å²) in [6.45, 7) is 3.57. The van der Waals surface area contributed by atoms with Crippen LogP contribution in [-0.4, -0.2) is 87.5 Å². The van der Waals surface area contributed by atoms with Crippen molar-refractivity contribution in [1.29, 1.82) is 0 Å². The van der Waals surface area contributed by atoms with E-state index in [1.165, 1.54) is 103 Å². The number of hydrogen-bond donors (Lipinski definition) is 6. The van der Waals surface area contributed by atoms with Crippen LogP contribution in [0.1, 0.15) is 206 Å². The van der Waals surface area contributed by atoms with Gasteiger partial charge in [-0.15, -0.1) is 0 Å². The van der Waals surface area contributed by atoms with Crippen molar-refractivity contribution in [1.82, 2.24) is 5.32 Å². The van der Waals surface area contributed by atoms with Crippen molar-refractivity contribution in [3.05, 3.63) is 109 Å². The fourth-order valence-corrected chi connectivity index (χ4v) is 7.97. The molecule has 0 bridgehead atoms. The minimum atomic E-state index is -1.57. The zero-order valence-corrected chi connectivity index (χ0v) is 43.5. The first-order valence-corrected chi connectivity index (χ1v) is 27.6. The highest BCUT2D eigenvalue weighted by molar-refractivity contribution is 5.76. The Labute approximate surface area is 421 Å². The smallest absolute Gasteiger partial charge is 0.220 e. The number of carbonyl (C=O) groups is 1. The van der Waals surface area contributed by atoms with Gasteiger partial charge in [0.1, 0.15) is 24.4 Å². The molecule has 0 saturated carbocycles. The third kappa shape index (κ3) is 38.2. The van der Waals surface area contributed by atoms with Crippen LogP contribution in [0.2, 0.25) is 0 Å². The maximum absolute atomic E-state index is 13.0. The standard InChI is InChI=1S/C60H101NO8/c1-3-5-7-9-11-13-14-15-16-17-18-19-20-21-22-23-24-25-26-27-28-29-30-31-32-33-34-35-36-37-38-39-40-42-44-46-48-50-56(64)61-53(54(63)49-47-45-43-41-12-10-8-6-4-2)52-68-60-59(67)58(66)57(65)55(51-62)69-60/h5,7,11-13,15-16,18-19,21-22,24-25,27-28,41,47,49,53-55,57-60,62-63,65-67H,3-4,6,8-10,14,17,20,23,26,29-40,42-46,48,50-52H2,1-2H3,(H,61,64)/b7-5-,13-11-,16-15-,19-18-,22-21-,25-24-,28-27-,41-12+,49-47+. The number of nitrogens with one attached hydrogen (secondary N) is 1. The Morgan fingerprint density at radius 1 is 0.507 bits per heavy atom. The van der Waals surface area contributed by atoms with E-state index in [2.05, 4.69) is 116 Å². The van der Waals surface area contributed by atoms with Crippen molar-refractivity contribution in [2.45, 2.75) is 249 Å². The fraction of sp³-hybridized carbons (Fsp3) is 0.683. The SMILES string of the molecule is CC/C=C\C/C=C\C/C=C\C/C=C\C/C=C\C/C=C\C/C=C\CCCCCCCCCCCCCCCCCC(=O)NC(COC1OC(CO)C(O)C(O)C1O)C(O)/C=C/CC/C=C/CCCCC. The summed E-state index contributed by atoms with van der Waals surface area (Å²) in [5.74, 6) is -0.194. The second kappa shape index (κ2) is 48.5. The van der Waals surface area contributed by atoms with Gasteiger partial charge in [0.2, 0.25) is 5.91 Å². The maximum Gasteiger partial charge on any atom is 0.220 e. The Kier molecular flexibility index (Phi) is 44.9. The van der Waals surface area contributed by atoms with Crippen molar-refractivity contribution in [2.24, 2.45) is 0 Å². The van der Waals surface area contributed by atoms with Crippen LogP contribution in [0, 0.1) is 0 Å². The van der Waals surface area contributed by atoms with Gasteiger partial charge in [-0.1, -0.05) is 220 Å². The van der Waals surface area contributed by atoms with Crippen LogP contribution in [0.3, 0.4) is 0 Å². The van der Waals surface area contributed by atoms with E-state index < -0.39 is 49.5 Å². The van der Waals surface area contributed by atoms with E-state index in [9.17, 15) is 30.3 Å². The van der Waals surface area contributed by atoms with Crippen molar-refractivity contribution in [3.8, 4) is 0 Å². The number of rotatable bonds is 45. The second-order valence-electron chi connectivity index (χ2n) is 18.6. The summed E-state index contributed by atoms with van der Waals surface area (Å²) in [6.07, 6.45) is 64.7. The molecule has 394 valence electrons. The van der Waals surface area contributed by atoms with Gasteiger partial charge in [0.05, 0.1) is 25.4 Å².